The average Bonchev–Trinajstić information content (AvgIpc) is 3.19. The molecule has 2 aliphatic carbocycles. The van der Waals surface area contributed by atoms with Crippen molar-refractivity contribution in [2.75, 3.05) is 13.2 Å². The van der Waals surface area contributed by atoms with E-state index < -0.39 is 42.1 Å². The van der Waals surface area contributed by atoms with Crippen molar-refractivity contribution < 1.29 is 38.8 Å². The van der Waals surface area contributed by atoms with Crippen LogP contribution in [0.4, 0.5) is 0 Å². The second-order valence-corrected chi connectivity index (χ2v) is 8.70. The first-order valence-corrected chi connectivity index (χ1v) is 10.8. The lowest BCUT2D eigenvalue weighted by Gasteiger charge is -2.28. The Morgan fingerprint density at radius 1 is 1.03 bits per heavy atom. The normalized spacial score (nSPS) is 32.1. The van der Waals surface area contributed by atoms with Crippen molar-refractivity contribution in [1.82, 2.24) is 0 Å². The highest BCUT2D eigenvalue weighted by atomic mass is 16.6. The highest BCUT2D eigenvalue weighted by molar-refractivity contribution is 5.92. The van der Waals surface area contributed by atoms with Gasteiger partial charge in [-0.1, -0.05) is 25.3 Å². The fraction of sp³-hybridized carbons (Fsp3) is 0.480. The monoisotopic (exact) mass is 458 g/mol. The van der Waals surface area contributed by atoms with E-state index in [0.717, 1.165) is 5.57 Å². The molecule has 178 valence electrons. The molecule has 2 N–H and O–H groups in total. The number of aliphatic hydroxyl groups excluding tert-OH is 2. The van der Waals surface area contributed by atoms with Crippen molar-refractivity contribution in [2.45, 2.75) is 45.0 Å². The number of hydrogen-bond acceptors (Lipinski definition) is 8. The topological polar surface area (TPSA) is 119 Å². The number of fused-ring (bicyclic) bond motifs is 3. The Hall–Kier alpha value is -2.97. The lowest BCUT2D eigenvalue weighted by Crippen LogP contribution is -2.36. The van der Waals surface area contributed by atoms with E-state index in [1.807, 2.05) is 0 Å². The van der Waals surface area contributed by atoms with Crippen LogP contribution in [-0.4, -0.2) is 59.6 Å². The smallest absolute Gasteiger partial charge is 0.334 e. The van der Waals surface area contributed by atoms with Crippen LogP contribution < -0.4 is 0 Å². The van der Waals surface area contributed by atoms with Gasteiger partial charge in [-0.3, -0.25) is 0 Å². The first-order chi connectivity index (χ1) is 15.6. The minimum atomic E-state index is -0.717. The maximum Gasteiger partial charge on any atom is 0.334 e. The second-order valence-electron chi connectivity index (χ2n) is 8.70. The number of rotatable bonds is 6. The SMILES string of the molecule is C=C1C(=O)O[C@@H]2[C@H]3C(=C)[C@@H](OC(=O)/C(C)=C/CO)C[C@H]3C(=C)C[C@H](OC(=O)/C(C)=C/CO)[C@@H]12. The molecule has 3 fully saturated rings. The number of ether oxygens (including phenoxy) is 3. The molecule has 1 saturated heterocycles. The number of aliphatic hydroxyl groups is 2. The Morgan fingerprint density at radius 2 is 1.61 bits per heavy atom. The third kappa shape index (κ3) is 4.72. The third-order valence-corrected chi connectivity index (χ3v) is 6.69. The van der Waals surface area contributed by atoms with Gasteiger partial charge in [0.05, 0.1) is 19.1 Å². The number of esters is 3. The largest absolute Gasteiger partial charge is 0.458 e. The zero-order chi connectivity index (χ0) is 24.4. The Bertz CT molecular complexity index is 955. The maximum atomic E-state index is 12.5. The van der Waals surface area contributed by atoms with Crippen LogP contribution in [0.1, 0.15) is 26.7 Å². The average molecular weight is 459 g/mol. The van der Waals surface area contributed by atoms with Crippen LogP contribution in [0.15, 0.2) is 59.8 Å². The number of carbonyl (C=O) groups is 3. The van der Waals surface area contributed by atoms with Crippen LogP contribution in [0, 0.1) is 17.8 Å². The summed E-state index contributed by atoms with van der Waals surface area (Å²) in [6.07, 6.45) is 1.41. The highest BCUT2D eigenvalue weighted by Gasteiger charge is 2.57. The number of carbonyl (C=O) groups excluding carboxylic acids is 3. The van der Waals surface area contributed by atoms with Crippen LogP contribution in [0.3, 0.4) is 0 Å². The molecule has 1 heterocycles. The van der Waals surface area contributed by atoms with E-state index in [4.69, 9.17) is 24.4 Å². The summed E-state index contributed by atoms with van der Waals surface area (Å²) in [6.45, 7) is 14.7. The molecule has 1 aliphatic heterocycles. The fourth-order valence-corrected chi connectivity index (χ4v) is 4.87. The van der Waals surface area contributed by atoms with E-state index in [1.54, 1.807) is 6.92 Å². The molecular formula is C25H30O8. The summed E-state index contributed by atoms with van der Waals surface area (Å²) in [6, 6.07) is 0. The molecule has 8 nitrogen and oxygen atoms in total. The Morgan fingerprint density at radius 3 is 2.18 bits per heavy atom. The van der Waals surface area contributed by atoms with Gasteiger partial charge in [0.15, 0.2) is 0 Å². The van der Waals surface area contributed by atoms with Crippen LogP contribution in [0.2, 0.25) is 0 Å². The van der Waals surface area contributed by atoms with E-state index in [1.165, 1.54) is 19.1 Å². The summed E-state index contributed by atoms with van der Waals surface area (Å²) in [5.74, 6) is -2.88. The molecule has 2 saturated carbocycles. The maximum absolute atomic E-state index is 12.5. The molecule has 6 atom stereocenters. The van der Waals surface area contributed by atoms with Gasteiger partial charge in [-0.05, 0) is 43.9 Å². The third-order valence-electron chi connectivity index (χ3n) is 6.69. The zero-order valence-corrected chi connectivity index (χ0v) is 18.9. The van der Waals surface area contributed by atoms with Crippen molar-refractivity contribution in [3.8, 4) is 0 Å². The molecule has 0 bridgehead atoms. The molecule has 0 spiro atoms. The molecule has 3 aliphatic rings. The molecule has 0 aromatic heterocycles. The first-order valence-electron chi connectivity index (χ1n) is 10.8. The predicted molar refractivity (Wildman–Crippen MR) is 118 cm³/mol. The van der Waals surface area contributed by atoms with Gasteiger partial charge in [0.1, 0.15) is 18.3 Å². The first kappa shape index (κ1) is 24.7. The van der Waals surface area contributed by atoms with Crippen LogP contribution in [0.25, 0.3) is 0 Å². The van der Waals surface area contributed by atoms with Gasteiger partial charge in [-0.25, -0.2) is 14.4 Å². The van der Waals surface area contributed by atoms with E-state index in [2.05, 4.69) is 19.7 Å². The molecule has 0 amide bonds. The molecule has 3 rings (SSSR count). The number of hydrogen-bond donors (Lipinski definition) is 2. The minimum Gasteiger partial charge on any atom is -0.458 e. The molecule has 33 heavy (non-hydrogen) atoms. The molecule has 0 unspecified atom stereocenters. The van der Waals surface area contributed by atoms with Crippen molar-refractivity contribution in [3.05, 3.63) is 59.8 Å². The molecular weight excluding hydrogens is 428 g/mol. The highest BCUT2D eigenvalue weighted by Crippen LogP contribution is 2.53. The summed E-state index contributed by atoms with van der Waals surface area (Å²) < 4.78 is 17.0. The van der Waals surface area contributed by atoms with Gasteiger partial charge in [0, 0.05) is 29.1 Å². The van der Waals surface area contributed by atoms with Gasteiger partial charge in [-0.15, -0.1) is 0 Å². The quantitative estimate of drug-likeness (QED) is 0.268. The zero-order valence-electron chi connectivity index (χ0n) is 18.9. The van der Waals surface area contributed by atoms with Gasteiger partial charge < -0.3 is 24.4 Å². The van der Waals surface area contributed by atoms with E-state index in [0.29, 0.717) is 12.0 Å². The van der Waals surface area contributed by atoms with Crippen LogP contribution in [0.5, 0.6) is 0 Å². The van der Waals surface area contributed by atoms with Crippen molar-refractivity contribution in [3.63, 3.8) is 0 Å². The van der Waals surface area contributed by atoms with E-state index in [9.17, 15) is 14.4 Å². The Kier molecular flexibility index (Phi) is 7.39. The molecule has 0 aromatic rings. The standard InChI is InChI=1S/C25H30O8/c1-12(6-8-26)23(28)31-18-11-17-14(3)10-19(32-24(29)13(2)7-9-27)21-16(5)25(30)33-22(21)20(17)15(18)4/h6-7,17-22,26-27H,3-5,8-11H2,1-2H3/b12-6+,13-7+/t17-,18-,19-,20-,21+,22+/m0/s1. The summed E-state index contributed by atoms with van der Waals surface area (Å²) in [7, 11) is 0. The Labute approximate surface area is 192 Å². The predicted octanol–water partition coefficient (Wildman–Crippen LogP) is 1.94. The lowest BCUT2D eigenvalue weighted by molar-refractivity contribution is -0.149. The van der Waals surface area contributed by atoms with E-state index in [-0.39, 0.29) is 48.2 Å². The van der Waals surface area contributed by atoms with Crippen molar-refractivity contribution >= 4 is 17.9 Å². The van der Waals surface area contributed by atoms with Gasteiger partial charge >= 0.3 is 17.9 Å². The Balaban J connectivity index is 1.88. The lowest BCUT2D eigenvalue weighted by atomic mass is 9.81. The molecule has 0 aromatic carbocycles. The van der Waals surface area contributed by atoms with Gasteiger partial charge in [-0.2, -0.15) is 0 Å². The van der Waals surface area contributed by atoms with Gasteiger partial charge in [0.25, 0.3) is 0 Å². The van der Waals surface area contributed by atoms with Crippen LogP contribution in [-0.2, 0) is 28.6 Å². The van der Waals surface area contributed by atoms with Gasteiger partial charge in [0.2, 0.25) is 0 Å². The van der Waals surface area contributed by atoms with E-state index >= 15 is 0 Å². The fourth-order valence-electron chi connectivity index (χ4n) is 4.87. The molecule has 8 heteroatoms. The second kappa shape index (κ2) is 9.89. The summed E-state index contributed by atoms with van der Waals surface area (Å²) in [4.78, 5) is 37.3. The van der Waals surface area contributed by atoms with Crippen LogP contribution >= 0.6 is 0 Å². The van der Waals surface area contributed by atoms with Crippen molar-refractivity contribution in [2.24, 2.45) is 17.8 Å². The van der Waals surface area contributed by atoms with Crippen molar-refractivity contribution in [1.29, 1.82) is 0 Å². The minimum absolute atomic E-state index is 0.193. The summed E-state index contributed by atoms with van der Waals surface area (Å²) >= 11 is 0. The summed E-state index contributed by atoms with van der Waals surface area (Å²) in [5, 5.41) is 18.1. The molecule has 0 radical (unpaired) electrons. The summed E-state index contributed by atoms with van der Waals surface area (Å²) in [5.41, 5.74) is 2.13.